The summed E-state index contributed by atoms with van der Waals surface area (Å²) in [7, 11) is 0. The molecular formula is C5H11NO3S. The van der Waals surface area contributed by atoms with Crippen LogP contribution in [0.5, 0.6) is 0 Å². The van der Waals surface area contributed by atoms with E-state index < -0.39 is 11.3 Å². The molecule has 0 aromatic heterocycles. The van der Waals surface area contributed by atoms with Gasteiger partial charge in [0.05, 0.1) is 0 Å². The molecule has 10 heavy (non-hydrogen) atoms. The summed E-state index contributed by atoms with van der Waals surface area (Å²) in [5, 5.41) is 0. The van der Waals surface area contributed by atoms with Crippen LogP contribution < -0.4 is 4.72 Å². The smallest absolute Gasteiger partial charge is 0.261 e. The van der Waals surface area contributed by atoms with E-state index in [2.05, 4.69) is 0 Å². The molecule has 0 spiro atoms. The fourth-order valence-corrected chi connectivity index (χ4v) is 0.783. The van der Waals surface area contributed by atoms with E-state index in [9.17, 15) is 9.00 Å². The molecule has 0 rings (SSSR count). The maximum absolute atomic E-state index is 10.5. The van der Waals surface area contributed by atoms with Crippen molar-refractivity contribution in [3.63, 3.8) is 0 Å². The summed E-state index contributed by atoms with van der Waals surface area (Å²) in [4.78, 5) is 10.5. The van der Waals surface area contributed by atoms with E-state index in [0.717, 1.165) is 12.8 Å². The molecule has 0 aliphatic heterocycles. The van der Waals surface area contributed by atoms with Crippen molar-refractivity contribution in [2.45, 2.75) is 26.2 Å². The second-order valence-electron chi connectivity index (χ2n) is 1.88. The number of amides is 1. The SMILES string of the molecule is CCCCC(=O)NS(=O)O. The monoisotopic (exact) mass is 165 g/mol. The Morgan fingerprint density at radius 1 is 1.70 bits per heavy atom. The van der Waals surface area contributed by atoms with Gasteiger partial charge >= 0.3 is 0 Å². The van der Waals surface area contributed by atoms with E-state index in [1.165, 1.54) is 0 Å². The van der Waals surface area contributed by atoms with Gasteiger partial charge < -0.3 is 0 Å². The molecule has 5 heteroatoms. The molecule has 1 amide bonds. The molecule has 1 unspecified atom stereocenters. The summed E-state index contributed by atoms with van der Waals surface area (Å²) in [6.45, 7) is 1.95. The Hall–Kier alpha value is -0.420. The lowest BCUT2D eigenvalue weighted by atomic mass is 10.2. The molecule has 4 nitrogen and oxygen atoms in total. The summed E-state index contributed by atoms with van der Waals surface area (Å²) >= 11 is -2.20. The average molecular weight is 165 g/mol. The van der Waals surface area contributed by atoms with Crippen LogP contribution in [0.2, 0.25) is 0 Å². The Morgan fingerprint density at radius 3 is 2.70 bits per heavy atom. The van der Waals surface area contributed by atoms with Crippen LogP contribution in [-0.2, 0) is 16.1 Å². The van der Waals surface area contributed by atoms with Crippen LogP contribution in [0.15, 0.2) is 0 Å². The molecule has 0 saturated carbocycles. The maximum atomic E-state index is 10.5. The van der Waals surface area contributed by atoms with Crippen molar-refractivity contribution in [1.29, 1.82) is 0 Å². The van der Waals surface area contributed by atoms with Gasteiger partial charge in [-0.15, -0.1) is 0 Å². The van der Waals surface area contributed by atoms with E-state index in [4.69, 9.17) is 4.55 Å². The third-order valence-electron chi connectivity index (χ3n) is 0.959. The quantitative estimate of drug-likeness (QED) is 0.594. The van der Waals surface area contributed by atoms with Crippen molar-refractivity contribution in [2.24, 2.45) is 0 Å². The van der Waals surface area contributed by atoms with Gasteiger partial charge in [-0.1, -0.05) is 13.3 Å². The highest BCUT2D eigenvalue weighted by Gasteiger charge is 2.01. The second kappa shape index (κ2) is 5.37. The molecular weight excluding hydrogens is 154 g/mol. The number of nitrogens with one attached hydrogen (secondary N) is 1. The summed E-state index contributed by atoms with van der Waals surface area (Å²) in [5.74, 6) is -0.373. The molecule has 60 valence electrons. The zero-order valence-corrected chi connectivity index (χ0v) is 6.61. The van der Waals surface area contributed by atoms with Crippen LogP contribution in [0.4, 0.5) is 0 Å². The Bertz CT molecular complexity index is 137. The first-order chi connectivity index (χ1) is 4.66. The first-order valence-corrected chi connectivity index (χ1v) is 4.17. The largest absolute Gasteiger partial charge is 0.289 e. The van der Waals surface area contributed by atoms with Crippen molar-refractivity contribution in [3.05, 3.63) is 0 Å². The van der Waals surface area contributed by atoms with Gasteiger partial charge in [0.2, 0.25) is 5.91 Å². The lowest BCUT2D eigenvalue weighted by Crippen LogP contribution is -2.24. The number of carbonyl (C=O) groups is 1. The molecule has 0 aliphatic rings. The number of unbranched alkanes of at least 4 members (excludes halogenated alkanes) is 1. The van der Waals surface area contributed by atoms with Gasteiger partial charge in [0.15, 0.2) is 0 Å². The minimum Gasteiger partial charge on any atom is -0.289 e. The fourth-order valence-electron chi connectivity index (χ4n) is 0.486. The van der Waals surface area contributed by atoms with Gasteiger partial charge in [-0.25, -0.2) is 4.21 Å². The zero-order chi connectivity index (χ0) is 7.98. The van der Waals surface area contributed by atoms with Crippen molar-refractivity contribution >= 4 is 17.2 Å². The molecule has 0 radical (unpaired) electrons. The number of hydrogen-bond donors (Lipinski definition) is 2. The predicted molar refractivity (Wildman–Crippen MR) is 38.4 cm³/mol. The summed E-state index contributed by atoms with van der Waals surface area (Å²) in [6.07, 6.45) is 1.98. The average Bonchev–Trinajstić information content (AvgIpc) is 1.82. The van der Waals surface area contributed by atoms with Gasteiger partial charge in [-0.05, 0) is 6.42 Å². The minimum absolute atomic E-state index is 0.322. The van der Waals surface area contributed by atoms with Crippen LogP contribution in [0.1, 0.15) is 26.2 Å². The van der Waals surface area contributed by atoms with Crippen LogP contribution >= 0.6 is 0 Å². The van der Waals surface area contributed by atoms with Gasteiger partial charge in [0, 0.05) is 6.42 Å². The van der Waals surface area contributed by atoms with E-state index in [0.29, 0.717) is 6.42 Å². The Labute approximate surface area is 62.4 Å². The molecule has 0 saturated heterocycles. The lowest BCUT2D eigenvalue weighted by molar-refractivity contribution is -0.119. The van der Waals surface area contributed by atoms with Gasteiger partial charge in [-0.2, -0.15) is 0 Å². The molecule has 0 fully saturated rings. The van der Waals surface area contributed by atoms with Crippen molar-refractivity contribution < 1.29 is 13.6 Å². The van der Waals surface area contributed by atoms with Gasteiger partial charge in [0.25, 0.3) is 11.3 Å². The van der Waals surface area contributed by atoms with Crippen LogP contribution in [0.3, 0.4) is 0 Å². The summed E-state index contributed by atoms with van der Waals surface area (Å²) in [6, 6.07) is 0. The number of hydrogen-bond acceptors (Lipinski definition) is 2. The van der Waals surface area contributed by atoms with E-state index in [1.807, 2.05) is 11.6 Å². The van der Waals surface area contributed by atoms with E-state index in [-0.39, 0.29) is 5.91 Å². The molecule has 2 N–H and O–H groups in total. The van der Waals surface area contributed by atoms with Crippen LogP contribution in [-0.4, -0.2) is 14.7 Å². The first kappa shape index (κ1) is 9.58. The molecule has 0 bridgehead atoms. The first-order valence-electron chi connectivity index (χ1n) is 3.07. The molecule has 0 aromatic rings. The highest BCUT2D eigenvalue weighted by molar-refractivity contribution is 7.77. The highest BCUT2D eigenvalue weighted by Crippen LogP contribution is 1.92. The Morgan fingerprint density at radius 2 is 2.30 bits per heavy atom. The Kier molecular flexibility index (Phi) is 5.15. The van der Waals surface area contributed by atoms with Crippen molar-refractivity contribution in [3.8, 4) is 0 Å². The van der Waals surface area contributed by atoms with Gasteiger partial charge in [0.1, 0.15) is 0 Å². The molecule has 1 atom stereocenters. The number of carbonyl (C=O) groups excluding carboxylic acids is 1. The lowest BCUT2D eigenvalue weighted by Gasteiger charge is -1.96. The summed E-state index contributed by atoms with van der Waals surface area (Å²) in [5.41, 5.74) is 0. The third-order valence-corrected chi connectivity index (χ3v) is 1.36. The standard InChI is InChI=1S/C5H11NO3S/c1-2-3-4-5(7)6-10(8)9/h2-4H2,1H3,(H,6,7)(H,8,9). The molecule has 0 heterocycles. The third kappa shape index (κ3) is 5.71. The van der Waals surface area contributed by atoms with E-state index in [1.54, 1.807) is 0 Å². The molecule has 0 aromatic carbocycles. The van der Waals surface area contributed by atoms with E-state index >= 15 is 0 Å². The van der Waals surface area contributed by atoms with Crippen molar-refractivity contribution in [2.75, 3.05) is 0 Å². The summed E-state index contributed by atoms with van der Waals surface area (Å²) < 4.78 is 20.0. The predicted octanol–water partition coefficient (Wildman–Crippen LogP) is 0.429. The van der Waals surface area contributed by atoms with Crippen LogP contribution in [0, 0.1) is 0 Å². The maximum Gasteiger partial charge on any atom is 0.261 e. The highest BCUT2D eigenvalue weighted by atomic mass is 32.2. The normalized spacial score (nSPS) is 12.6. The Balaban J connectivity index is 3.35. The fraction of sp³-hybridized carbons (Fsp3) is 0.800. The number of rotatable bonds is 4. The van der Waals surface area contributed by atoms with Crippen LogP contribution in [0.25, 0.3) is 0 Å². The topological polar surface area (TPSA) is 66.4 Å². The minimum atomic E-state index is -2.20. The molecule has 0 aliphatic carbocycles. The second-order valence-corrected chi connectivity index (χ2v) is 2.58. The van der Waals surface area contributed by atoms with Gasteiger partial charge in [-0.3, -0.25) is 14.1 Å². The van der Waals surface area contributed by atoms with Crippen molar-refractivity contribution in [1.82, 2.24) is 4.72 Å². The zero-order valence-electron chi connectivity index (χ0n) is 5.79.